The van der Waals surface area contributed by atoms with E-state index in [0.717, 1.165) is 32.5 Å². The average Bonchev–Trinajstić information content (AvgIpc) is 2.10. The Bertz CT molecular complexity index is 73.1. The number of hydrogen-bond donors (Lipinski definition) is 3. The van der Waals surface area contributed by atoms with Crippen molar-refractivity contribution in [3.8, 4) is 0 Å². The van der Waals surface area contributed by atoms with Gasteiger partial charge in [-0.3, -0.25) is 9.68 Å². The maximum absolute atomic E-state index is 5.32. The van der Waals surface area contributed by atoms with Crippen LogP contribution < -0.4 is 16.7 Å². The standard InChI is InChI=1S/C7H19N3O2/c1-11-10-12-7-3-6-9-5-2-4-8/h9-10H,2-8H2,1H3. The Labute approximate surface area is 73.5 Å². The summed E-state index contributed by atoms with van der Waals surface area (Å²) < 4.78 is 0. The molecule has 0 saturated heterocycles. The van der Waals surface area contributed by atoms with Crippen molar-refractivity contribution in [2.75, 3.05) is 33.4 Å². The van der Waals surface area contributed by atoms with E-state index in [9.17, 15) is 0 Å². The molecule has 0 aliphatic rings. The summed E-state index contributed by atoms with van der Waals surface area (Å²) in [5, 5.41) is 3.23. The molecule has 0 rings (SSSR count). The van der Waals surface area contributed by atoms with Crippen LogP contribution in [0.4, 0.5) is 0 Å². The molecule has 0 aromatic rings. The first kappa shape index (κ1) is 11.8. The highest BCUT2D eigenvalue weighted by molar-refractivity contribution is 4.47. The van der Waals surface area contributed by atoms with Gasteiger partial charge in [0.1, 0.15) is 0 Å². The van der Waals surface area contributed by atoms with Crippen LogP contribution in [0.25, 0.3) is 0 Å². The topological polar surface area (TPSA) is 68.5 Å². The van der Waals surface area contributed by atoms with E-state index in [1.807, 2.05) is 0 Å². The van der Waals surface area contributed by atoms with Gasteiger partial charge in [-0.2, -0.15) is 0 Å². The third-order valence-electron chi connectivity index (χ3n) is 1.30. The van der Waals surface area contributed by atoms with Gasteiger partial charge in [-0.15, -0.1) is 0 Å². The van der Waals surface area contributed by atoms with Crippen LogP contribution in [0.1, 0.15) is 12.8 Å². The van der Waals surface area contributed by atoms with Crippen molar-refractivity contribution in [3.63, 3.8) is 0 Å². The van der Waals surface area contributed by atoms with Gasteiger partial charge in [-0.05, 0) is 32.5 Å². The van der Waals surface area contributed by atoms with Crippen molar-refractivity contribution in [2.45, 2.75) is 12.8 Å². The molecule has 0 aliphatic carbocycles. The summed E-state index contributed by atoms with van der Waals surface area (Å²) in [5.41, 5.74) is 7.62. The smallest absolute Gasteiger partial charge is 0.0721 e. The molecule has 12 heavy (non-hydrogen) atoms. The summed E-state index contributed by atoms with van der Waals surface area (Å²) in [5.74, 6) is 0. The summed E-state index contributed by atoms with van der Waals surface area (Å²) >= 11 is 0. The Morgan fingerprint density at radius 3 is 2.67 bits per heavy atom. The van der Waals surface area contributed by atoms with Gasteiger partial charge < -0.3 is 11.1 Å². The average molecular weight is 177 g/mol. The largest absolute Gasteiger partial charge is 0.330 e. The summed E-state index contributed by atoms with van der Waals surface area (Å²) in [6, 6.07) is 0. The van der Waals surface area contributed by atoms with Gasteiger partial charge >= 0.3 is 0 Å². The molecule has 0 aromatic carbocycles. The lowest BCUT2D eigenvalue weighted by molar-refractivity contribution is -0.151. The number of nitrogens with two attached hydrogens (primary N) is 1. The molecule has 4 N–H and O–H groups in total. The molecular weight excluding hydrogens is 158 g/mol. The Morgan fingerprint density at radius 2 is 2.00 bits per heavy atom. The SMILES string of the molecule is CONOCCCNCCCN. The van der Waals surface area contributed by atoms with E-state index in [1.54, 1.807) is 0 Å². The van der Waals surface area contributed by atoms with Gasteiger partial charge in [0.25, 0.3) is 0 Å². The van der Waals surface area contributed by atoms with Crippen LogP contribution in [0.2, 0.25) is 0 Å². The highest BCUT2D eigenvalue weighted by Crippen LogP contribution is 1.78. The molecular formula is C7H19N3O2. The molecule has 0 radical (unpaired) electrons. The predicted octanol–water partition coefficient (Wildman–Crippen LogP) is -0.602. The minimum Gasteiger partial charge on any atom is -0.330 e. The second-order valence-electron chi connectivity index (χ2n) is 2.38. The molecule has 0 heterocycles. The summed E-state index contributed by atoms with van der Waals surface area (Å²) in [6.45, 7) is 3.32. The summed E-state index contributed by atoms with van der Waals surface area (Å²) in [4.78, 5) is 9.33. The van der Waals surface area contributed by atoms with Gasteiger partial charge in [0, 0.05) is 0 Å². The molecule has 0 unspecified atom stereocenters. The molecule has 0 bridgehead atoms. The summed E-state index contributed by atoms with van der Waals surface area (Å²) in [7, 11) is 1.51. The van der Waals surface area contributed by atoms with Crippen molar-refractivity contribution in [1.29, 1.82) is 0 Å². The van der Waals surface area contributed by atoms with E-state index in [4.69, 9.17) is 10.6 Å². The Hall–Kier alpha value is -0.200. The molecule has 0 fully saturated rings. The first-order valence-corrected chi connectivity index (χ1v) is 4.22. The second kappa shape index (κ2) is 10.8. The predicted molar refractivity (Wildman–Crippen MR) is 47.3 cm³/mol. The van der Waals surface area contributed by atoms with Crippen molar-refractivity contribution < 1.29 is 9.68 Å². The van der Waals surface area contributed by atoms with Crippen LogP contribution in [-0.4, -0.2) is 33.4 Å². The molecule has 5 heteroatoms. The zero-order valence-electron chi connectivity index (χ0n) is 7.64. The van der Waals surface area contributed by atoms with E-state index in [0.29, 0.717) is 6.61 Å². The fourth-order valence-electron chi connectivity index (χ4n) is 0.722. The van der Waals surface area contributed by atoms with E-state index >= 15 is 0 Å². The van der Waals surface area contributed by atoms with Gasteiger partial charge in [-0.25, -0.2) is 0 Å². The van der Waals surface area contributed by atoms with E-state index in [2.05, 4.69) is 15.8 Å². The van der Waals surface area contributed by atoms with Crippen molar-refractivity contribution in [2.24, 2.45) is 5.73 Å². The van der Waals surface area contributed by atoms with Crippen LogP contribution >= 0.6 is 0 Å². The van der Waals surface area contributed by atoms with Crippen molar-refractivity contribution in [3.05, 3.63) is 0 Å². The van der Waals surface area contributed by atoms with Gasteiger partial charge in [0.05, 0.1) is 13.7 Å². The molecule has 0 spiro atoms. The van der Waals surface area contributed by atoms with Crippen LogP contribution in [0.3, 0.4) is 0 Å². The van der Waals surface area contributed by atoms with Crippen LogP contribution in [0, 0.1) is 0 Å². The highest BCUT2D eigenvalue weighted by atomic mass is 16.9. The fourth-order valence-corrected chi connectivity index (χ4v) is 0.722. The lowest BCUT2D eigenvalue weighted by Crippen LogP contribution is -2.22. The molecule has 0 saturated carbocycles. The quantitative estimate of drug-likeness (QED) is 0.324. The molecule has 0 aromatic heterocycles. The van der Waals surface area contributed by atoms with Gasteiger partial charge in [0.2, 0.25) is 0 Å². The molecule has 74 valence electrons. The number of hydrogen-bond acceptors (Lipinski definition) is 5. The van der Waals surface area contributed by atoms with Crippen molar-refractivity contribution >= 4 is 0 Å². The molecule has 5 nitrogen and oxygen atoms in total. The fraction of sp³-hybridized carbons (Fsp3) is 1.00. The highest BCUT2D eigenvalue weighted by Gasteiger charge is 1.88. The maximum Gasteiger partial charge on any atom is 0.0721 e. The van der Waals surface area contributed by atoms with Crippen LogP contribution in [0.5, 0.6) is 0 Å². The number of nitrogens with one attached hydrogen (secondary N) is 2. The number of rotatable bonds is 9. The zero-order valence-corrected chi connectivity index (χ0v) is 7.64. The lowest BCUT2D eigenvalue weighted by atomic mass is 10.4. The Morgan fingerprint density at radius 1 is 1.25 bits per heavy atom. The summed E-state index contributed by atoms with van der Waals surface area (Å²) in [6.07, 6.45) is 1.98. The Balaban J connectivity index is 2.73. The molecule has 0 atom stereocenters. The second-order valence-corrected chi connectivity index (χ2v) is 2.38. The minimum atomic E-state index is 0.642. The first-order valence-electron chi connectivity index (χ1n) is 4.22. The third kappa shape index (κ3) is 9.80. The monoisotopic (exact) mass is 177 g/mol. The zero-order chi connectivity index (χ0) is 9.07. The maximum atomic E-state index is 5.32. The van der Waals surface area contributed by atoms with Gasteiger partial charge in [0.15, 0.2) is 0 Å². The molecule has 0 aliphatic heterocycles. The van der Waals surface area contributed by atoms with E-state index < -0.39 is 0 Å². The lowest BCUT2D eigenvalue weighted by Gasteiger charge is -2.04. The normalized spacial score (nSPS) is 10.5. The van der Waals surface area contributed by atoms with E-state index in [-0.39, 0.29) is 0 Å². The minimum absolute atomic E-state index is 0.642. The molecule has 0 amide bonds. The van der Waals surface area contributed by atoms with E-state index in [1.165, 1.54) is 7.11 Å². The van der Waals surface area contributed by atoms with Gasteiger partial charge in [-0.1, -0.05) is 5.64 Å². The third-order valence-corrected chi connectivity index (χ3v) is 1.30. The Kier molecular flexibility index (Phi) is 10.6. The van der Waals surface area contributed by atoms with Crippen molar-refractivity contribution in [1.82, 2.24) is 11.0 Å². The van der Waals surface area contributed by atoms with Crippen LogP contribution in [0.15, 0.2) is 0 Å². The van der Waals surface area contributed by atoms with Crippen LogP contribution in [-0.2, 0) is 9.68 Å². The first-order chi connectivity index (χ1) is 5.91.